The van der Waals surface area contributed by atoms with Gasteiger partial charge < -0.3 is 15.9 Å². The van der Waals surface area contributed by atoms with E-state index in [1.54, 1.807) is 6.92 Å². The van der Waals surface area contributed by atoms with Gasteiger partial charge in [-0.2, -0.15) is 0 Å². The zero-order chi connectivity index (χ0) is 20.1. The van der Waals surface area contributed by atoms with Crippen molar-refractivity contribution in [3.05, 3.63) is 101 Å². The van der Waals surface area contributed by atoms with Crippen molar-refractivity contribution in [1.82, 2.24) is 0 Å². The molecule has 0 aliphatic heterocycles. The van der Waals surface area contributed by atoms with Crippen LogP contribution in [0.25, 0.3) is 0 Å². The van der Waals surface area contributed by atoms with Gasteiger partial charge >= 0.3 is 5.97 Å². The Hall–Kier alpha value is -2.95. The van der Waals surface area contributed by atoms with Crippen LogP contribution in [-0.2, 0) is 16.5 Å². The van der Waals surface area contributed by atoms with Crippen LogP contribution in [0.5, 0.6) is 5.75 Å². The first-order valence-electron chi connectivity index (χ1n) is 8.93. The van der Waals surface area contributed by atoms with E-state index >= 15 is 0 Å². The summed E-state index contributed by atoms with van der Waals surface area (Å²) in [7, 11) is 0. The normalized spacial score (nSPS) is 12.9. The van der Waals surface area contributed by atoms with Crippen molar-refractivity contribution in [2.75, 3.05) is 0 Å². The standard InChI is InChI=1S/C23H22N2O3.Ni/c1-15-12-18(23(27)28)13-19(22(15)26)14-25-21(17-10-6-3-7-11-17)20(24)16-8-4-2-5-9-16;/h2-14,20-21,26H,24H2,1H3,(H,27,28);. The summed E-state index contributed by atoms with van der Waals surface area (Å²) in [6.45, 7) is 1.66. The molecular formula is C23H22N2NiO3. The number of aryl methyl sites for hydroxylation is 1. The van der Waals surface area contributed by atoms with E-state index < -0.39 is 18.1 Å². The van der Waals surface area contributed by atoms with Crippen LogP contribution in [0.1, 0.15) is 44.7 Å². The second kappa shape index (κ2) is 10.0. The summed E-state index contributed by atoms with van der Waals surface area (Å²) in [5, 5.41) is 19.6. The molecule has 0 aromatic heterocycles. The van der Waals surface area contributed by atoms with Gasteiger partial charge in [-0.05, 0) is 35.7 Å². The molecule has 3 aromatic carbocycles. The molecule has 0 radical (unpaired) electrons. The van der Waals surface area contributed by atoms with E-state index in [0.717, 1.165) is 11.1 Å². The zero-order valence-corrected chi connectivity index (χ0v) is 16.8. The summed E-state index contributed by atoms with van der Waals surface area (Å²) < 4.78 is 0. The Bertz CT molecular complexity index is 992. The van der Waals surface area contributed by atoms with Crippen LogP contribution in [-0.4, -0.2) is 22.4 Å². The van der Waals surface area contributed by atoms with Gasteiger partial charge in [-0.3, -0.25) is 4.99 Å². The maximum Gasteiger partial charge on any atom is 0.335 e. The van der Waals surface area contributed by atoms with Crippen LogP contribution >= 0.6 is 0 Å². The van der Waals surface area contributed by atoms with E-state index in [-0.39, 0.29) is 27.8 Å². The Kier molecular flexibility index (Phi) is 7.71. The molecule has 5 nitrogen and oxygen atoms in total. The molecule has 4 N–H and O–H groups in total. The SMILES string of the molecule is Cc1cc(C(=O)O)cc(C=NC(c2ccccc2)C(N)c2ccccc2)c1O.[Ni]. The number of rotatable bonds is 6. The van der Waals surface area contributed by atoms with Crippen LogP contribution in [0.15, 0.2) is 77.8 Å². The van der Waals surface area contributed by atoms with Crippen molar-refractivity contribution < 1.29 is 31.5 Å². The van der Waals surface area contributed by atoms with Crippen LogP contribution < -0.4 is 5.73 Å². The van der Waals surface area contributed by atoms with Crippen molar-refractivity contribution in [2.45, 2.75) is 19.0 Å². The Morgan fingerprint density at radius 3 is 2.10 bits per heavy atom. The summed E-state index contributed by atoms with van der Waals surface area (Å²) in [4.78, 5) is 16.0. The number of nitrogens with zero attached hydrogens (tertiary/aromatic N) is 1. The molecule has 0 fully saturated rings. The second-order valence-electron chi connectivity index (χ2n) is 6.61. The average Bonchev–Trinajstić information content (AvgIpc) is 2.72. The molecule has 0 aliphatic rings. The molecule has 2 atom stereocenters. The first kappa shape index (κ1) is 22.3. The van der Waals surface area contributed by atoms with E-state index in [0.29, 0.717) is 11.1 Å². The maximum absolute atomic E-state index is 11.3. The minimum absolute atomic E-state index is 0. The summed E-state index contributed by atoms with van der Waals surface area (Å²) in [5.74, 6) is -1.05. The predicted molar refractivity (Wildman–Crippen MR) is 110 cm³/mol. The Morgan fingerprint density at radius 2 is 1.55 bits per heavy atom. The first-order valence-corrected chi connectivity index (χ1v) is 8.93. The Labute approximate surface area is 179 Å². The quantitative estimate of drug-likeness (QED) is 0.400. The Balaban J connectivity index is 0.00000300. The molecule has 0 saturated heterocycles. The Morgan fingerprint density at radius 1 is 1.00 bits per heavy atom. The number of carboxylic acid groups (broad SMARTS) is 1. The number of hydrogen-bond acceptors (Lipinski definition) is 4. The van der Waals surface area contributed by atoms with Gasteiger partial charge in [0.1, 0.15) is 5.75 Å². The van der Waals surface area contributed by atoms with Gasteiger partial charge in [-0.15, -0.1) is 0 Å². The molecule has 29 heavy (non-hydrogen) atoms. The number of aliphatic imine (C=N–C) groups is 1. The number of aromatic carboxylic acids is 1. The van der Waals surface area contributed by atoms with Gasteiger partial charge in [0, 0.05) is 28.3 Å². The molecule has 152 valence electrons. The minimum atomic E-state index is -1.06. The topological polar surface area (TPSA) is 95.9 Å². The van der Waals surface area contributed by atoms with E-state index in [9.17, 15) is 15.0 Å². The fourth-order valence-corrected chi connectivity index (χ4v) is 3.08. The third-order valence-electron chi connectivity index (χ3n) is 4.62. The van der Waals surface area contributed by atoms with Gasteiger partial charge in [-0.1, -0.05) is 60.7 Å². The number of benzene rings is 3. The van der Waals surface area contributed by atoms with Crippen LogP contribution in [0.3, 0.4) is 0 Å². The molecule has 2 unspecified atom stereocenters. The number of phenolic OH excluding ortho intramolecular Hbond substituents is 1. The van der Waals surface area contributed by atoms with Crippen LogP contribution in [0, 0.1) is 6.92 Å². The third kappa shape index (κ3) is 5.31. The van der Waals surface area contributed by atoms with E-state index in [1.165, 1.54) is 18.3 Å². The second-order valence-corrected chi connectivity index (χ2v) is 6.61. The molecule has 6 heteroatoms. The molecule has 0 bridgehead atoms. The number of phenols is 1. The van der Waals surface area contributed by atoms with Crippen LogP contribution in [0.4, 0.5) is 0 Å². The van der Waals surface area contributed by atoms with Crippen molar-refractivity contribution in [2.24, 2.45) is 10.7 Å². The van der Waals surface area contributed by atoms with E-state index in [2.05, 4.69) is 4.99 Å². The molecule has 0 saturated carbocycles. The fourth-order valence-electron chi connectivity index (χ4n) is 3.08. The molecular weight excluding hydrogens is 411 g/mol. The predicted octanol–water partition coefficient (Wildman–Crippen LogP) is 4.26. The van der Waals surface area contributed by atoms with Crippen LogP contribution in [0.2, 0.25) is 0 Å². The number of nitrogens with two attached hydrogens (primary N) is 1. The number of carboxylic acids is 1. The molecule has 3 aromatic rings. The van der Waals surface area contributed by atoms with Gasteiger partial charge in [0.2, 0.25) is 0 Å². The van der Waals surface area contributed by atoms with Gasteiger partial charge in [0.15, 0.2) is 0 Å². The molecule has 0 amide bonds. The third-order valence-corrected chi connectivity index (χ3v) is 4.62. The summed E-state index contributed by atoms with van der Waals surface area (Å²) in [6, 6.07) is 21.4. The monoisotopic (exact) mass is 432 g/mol. The van der Waals surface area contributed by atoms with E-state index in [4.69, 9.17) is 5.73 Å². The molecule has 0 aliphatic carbocycles. The maximum atomic E-state index is 11.3. The van der Waals surface area contributed by atoms with Gasteiger partial charge in [-0.25, -0.2) is 4.79 Å². The van der Waals surface area contributed by atoms with Gasteiger partial charge in [0.25, 0.3) is 0 Å². The number of aromatic hydroxyl groups is 1. The number of carbonyl (C=O) groups is 1. The van der Waals surface area contributed by atoms with Crippen molar-refractivity contribution >= 4 is 12.2 Å². The average molecular weight is 433 g/mol. The van der Waals surface area contributed by atoms with Gasteiger partial charge in [0.05, 0.1) is 17.6 Å². The fraction of sp³-hybridized carbons (Fsp3) is 0.130. The largest absolute Gasteiger partial charge is 0.507 e. The van der Waals surface area contributed by atoms with Crippen molar-refractivity contribution in [1.29, 1.82) is 0 Å². The summed E-state index contributed by atoms with van der Waals surface area (Å²) in [5.41, 5.74) is 9.30. The molecule has 3 rings (SSSR count). The number of hydrogen-bond donors (Lipinski definition) is 3. The minimum Gasteiger partial charge on any atom is -0.507 e. The van der Waals surface area contributed by atoms with Crippen molar-refractivity contribution in [3.8, 4) is 5.75 Å². The summed E-state index contributed by atoms with van der Waals surface area (Å²) >= 11 is 0. The van der Waals surface area contributed by atoms with E-state index in [1.807, 2.05) is 60.7 Å². The first-order chi connectivity index (χ1) is 13.5. The molecule has 0 heterocycles. The van der Waals surface area contributed by atoms with Crippen molar-refractivity contribution in [3.63, 3.8) is 0 Å². The molecule has 0 spiro atoms. The summed E-state index contributed by atoms with van der Waals surface area (Å²) in [6.07, 6.45) is 1.50. The smallest absolute Gasteiger partial charge is 0.335 e. The zero-order valence-electron chi connectivity index (χ0n) is 15.8.